The lowest BCUT2D eigenvalue weighted by atomic mass is 9.64. The van der Waals surface area contributed by atoms with Crippen LogP contribution < -0.4 is 10.6 Å². The van der Waals surface area contributed by atoms with Gasteiger partial charge in [-0.3, -0.25) is 4.79 Å². The Hall–Kier alpha value is -2.64. The monoisotopic (exact) mass is 376 g/mol. The van der Waals surface area contributed by atoms with Gasteiger partial charge < -0.3 is 10.6 Å². The number of amides is 1. The number of carbonyl (C=O) groups is 1. The van der Waals surface area contributed by atoms with E-state index in [4.69, 9.17) is 0 Å². The van der Waals surface area contributed by atoms with Crippen LogP contribution in [0, 0.1) is 0 Å². The van der Waals surface area contributed by atoms with E-state index in [1.165, 1.54) is 6.07 Å². The number of hydrogen-bond donors (Lipinski definition) is 2. The molecule has 0 unspecified atom stereocenters. The van der Waals surface area contributed by atoms with Gasteiger partial charge in [-0.05, 0) is 31.9 Å². The normalized spacial score (nSPS) is 26.1. The number of halogens is 3. The average molecular weight is 376 g/mol. The highest BCUT2D eigenvalue weighted by Crippen LogP contribution is 2.52. The van der Waals surface area contributed by atoms with Crippen LogP contribution >= 0.6 is 0 Å². The van der Waals surface area contributed by atoms with Gasteiger partial charge in [-0.1, -0.05) is 25.1 Å². The number of rotatable bonds is 2. The number of azo groups is 1. The van der Waals surface area contributed by atoms with Gasteiger partial charge in [0.1, 0.15) is 0 Å². The van der Waals surface area contributed by atoms with Crippen LogP contribution in [0.2, 0.25) is 0 Å². The Bertz CT molecular complexity index is 943. The summed E-state index contributed by atoms with van der Waals surface area (Å²) in [5.41, 5.74) is -0.145. The summed E-state index contributed by atoms with van der Waals surface area (Å²) in [5, 5.41) is 14.3. The van der Waals surface area contributed by atoms with Crippen molar-refractivity contribution in [1.82, 2.24) is 10.6 Å². The van der Waals surface area contributed by atoms with Crippen LogP contribution in [0.4, 0.5) is 13.2 Å². The average Bonchev–Trinajstić information content (AvgIpc) is 3.15. The van der Waals surface area contributed by atoms with Crippen molar-refractivity contribution in [2.45, 2.75) is 44.3 Å². The zero-order valence-electron chi connectivity index (χ0n) is 15.2. The van der Waals surface area contributed by atoms with E-state index in [1.54, 1.807) is 6.07 Å². The van der Waals surface area contributed by atoms with E-state index < -0.39 is 22.7 Å². The van der Waals surface area contributed by atoms with Crippen molar-refractivity contribution in [2.24, 2.45) is 10.2 Å². The van der Waals surface area contributed by atoms with E-state index in [1.807, 2.05) is 20.8 Å². The number of nitrogens with zero attached hydrogens (tertiary/aromatic N) is 2. The van der Waals surface area contributed by atoms with Gasteiger partial charge >= 0.3 is 6.18 Å². The third kappa shape index (κ3) is 2.35. The van der Waals surface area contributed by atoms with Crippen molar-refractivity contribution in [3.8, 4) is 0 Å². The van der Waals surface area contributed by atoms with E-state index in [0.29, 0.717) is 29.1 Å². The molecule has 4 rings (SSSR count). The number of nitrogens with one attached hydrogen (secondary N) is 2. The lowest BCUT2D eigenvalue weighted by Crippen LogP contribution is -2.43. The molecule has 3 aliphatic rings. The number of dihydropyridines is 1. The maximum Gasteiger partial charge on any atom is 0.416 e. The molecular formula is C19H19F3N4O. The van der Waals surface area contributed by atoms with Crippen molar-refractivity contribution >= 4 is 5.91 Å². The topological polar surface area (TPSA) is 65.8 Å². The molecule has 0 aromatic heterocycles. The van der Waals surface area contributed by atoms with Crippen molar-refractivity contribution in [1.29, 1.82) is 0 Å². The summed E-state index contributed by atoms with van der Waals surface area (Å²) >= 11 is 0. The first-order valence-corrected chi connectivity index (χ1v) is 8.75. The molecule has 8 heteroatoms. The van der Waals surface area contributed by atoms with E-state index in [9.17, 15) is 18.0 Å². The van der Waals surface area contributed by atoms with Gasteiger partial charge in [-0.15, -0.1) is 5.11 Å². The maximum absolute atomic E-state index is 13.3. The van der Waals surface area contributed by atoms with Gasteiger partial charge in [0.2, 0.25) is 0 Å². The molecule has 1 atom stereocenters. The van der Waals surface area contributed by atoms with Crippen molar-refractivity contribution in [3.05, 3.63) is 58.1 Å². The van der Waals surface area contributed by atoms with E-state index in [-0.39, 0.29) is 12.5 Å². The molecule has 0 aliphatic carbocycles. The lowest BCUT2D eigenvalue weighted by Gasteiger charge is -2.40. The Kier molecular flexibility index (Phi) is 3.57. The zero-order valence-corrected chi connectivity index (χ0v) is 15.2. The van der Waals surface area contributed by atoms with Gasteiger partial charge in [-0.2, -0.15) is 18.3 Å². The standard InChI is InChI=1S/C19H19F3N4O/c1-4-18(10-6-5-7-11(8-10)19(20,21)22)12-9-23-26-15(12)24-14-13(18)16(27)25-17(14,2)3/h5-8,24H,4,9H2,1-3H3,(H,25,27)/t18-/m0/s1. The second kappa shape index (κ2) is 5.43. The molecule has 5 nitrogen and oxygen atoms in total. The molecule has 0 saturated heterocycles. The first-order chi connectivity index (χ1) is 12.6. The first-order valence-electron chi connectivity index (χ1n) is 8.75. The van der Waals surface area contributed by atoms with Crippen LogP contribution in [-0.2, 0) is 16.4 Å². The lowest BCUT2D eigenvalue weighted by molar-refractivity contribution is -0.137. The van der Waals surface area contributed by atoms with E-state index in [2.05, 4.69) is 20.9 Å². The van der Waals surface area contributed by atoms with Crippen molar-refractivity contribution in [2.75, 3.05) is 6.54 Å². The van der Waals surface area contributed by atoms with Crippen LogP contribution in [0.15, 0.2) is 57.2 Å². The highest BCUT2D eigenvalue weighted by atomic mass is 19.4. The molecule has 3 heterocycles. The summed E-state index contributed by atoms with van der Waals surface area (Å²) in [6, 6.07) is 5.22. The van der Waals surface area contributed by atoms with Crippen LogP contribution in [0.3, 0.4) is 0 Å². The fraction of sp³-hybridized carbons (Fsp3) is 0.421. The van der Waals surface area contributed by atoms with Gasteiger partial charge in [0.15, 0.2) is 5.82 Å². The van der Waals surface area contributed by atoms with Crippen LogP contribution in [0.5, 0.6) is 0 Å². The summed E-state index contributed by atoms with van der Waals surface area (Å²) in [5.74, 6) is 0.248. The zero-order chi connectivity index (χ0) is 19.6. The minimum Gasteiger partial charge on any atom is -0.342 e. The van der Waals surface area contributed by atoms with Crippen molar-refractivity contribution in [3.63, 3.8) is 0 Å². The summed E-state index contributed by atoms with van der Waals surface area (Å²) in [7, 11) is 0. The molecule has 142 valence electrons. The highest BCUT2D eigenvalue weighted by Gasteiger charge is 2.54. The Balaban J connectivity index is 2.01. The van der Waals surface area contributed by atoms with Crippen molar-refractivity contribution < 1.29 is 18.0 Å². The SMILES string of the molecule is CC[C@]1(c2cccc(C(F)(F)F)c2)C2=C(N=NC2)NC2=C1C(=O)NC2(C)C. The largest absolute Gasteiger partial charge is 0.416 e. The fourth-order valence-corrected chi connectivity index (χ4v) is 4.35. The number of hydrogen-bond acceptors (Lipinski definition) is 4. The molecule has 1 aromatic rings. The molecule has 0 fully saturated rings. The molecule has 3 aliphatic heterocycles. The Morgan fingerprint density at radius 1 is 1.26 bits per heavy atom. The van der Waals surface area contributed by atoms with E-state index in [0.717, 1.165) is 17.7 Å². The molecule has 1 aromatic carbocycles. The minimum absolute atomic E-state index is 0.247. The number of carbonyl (C=O) groups excluding carboxylic acids is 1. The smallest absolute Gasteiger partial charge is 0.342 e. The summed E-state index contributed by atoms with van der Waals surface area (Å²) in [6.07, 6.45) is -4.05. The highest BCUT2D eigenvalue weighted by molar-refractivity contribution is 6.02. The minimum atomic E-state index is -4.46. The Morgan fingerprint density at radius 3 is 2.67 bits per heavy atom. The molecular weight excluding hydrogens is 357 g/mol. The van der Waals surface area contributed by atoms with Gasteiger partial charge in [-0.25, -0.2) is 0 Å². The Morgan fingerprint density at radius 2 is 2.00 bits per heavy atom. The predicted molar refractivity (Wildman–Crippen MR) is 92.5 cm³/mol. The Labute approximate surface area is 154 Å². The molecule has 27 heavy (non-hydrogen) atoms. The molecule has 0 radical (unpaired) electrons. The van der Waals surface area contributed by atoms with Crippen LogP contribution in [0.25, 0.3) is 0 Å². The molecule has 0 spiro atoms. The first kappa shape index (κ1) is 17.8. The van der Waals surface area contributed by atoms with E-state index >= 15 is 0 Å². The second-order valence-corrected chi connectivity index (χ2v) is 7.52. The maximum atomic E-state index is 13.3. The fourth-order valence-electron chi connectivity index (χ4n) is 4.35. The van der Waals surface area contributed by atoms with Crippen LogP contribution in [0.1, 0.15) is 38.3 Å². The van der Waals surface area contributed by atoms with Gasteiger partial charge in [0.05, 0.1) is 34.3 Å². The van der Waals surface area contributed by atoms with Crippen LogP contribution in [-0.4, -0.2) is 18.0 Å². The predicted octanol–water partition coefficient (Wildman–Crippen LogP) is 3.80. The summed E-state index contributed by atoms with van der Waals surface area (Å²) in [4.78, 5) is 12.9. The van der Waals surface area contributed by atoms with Gasteiger partial charge in [0, 0.05) is 5.57 Å². The second-order valence-electron chi connectivity index (χ2n) is 7.52. The molecule has 1 amide bonds. The quantitative estimate of drug-likeness (QED) is 0.825. The van der Waals surface area contributed by atoms with Gasteiger partial charge in [0.25, 0.3) is 5.91 Å². The summed E-state index contributed by atoms with van der Waals surface area (Å²) in [6.45, 7) is 5.82. The molecule has 2 N–H and O–H groups in total. The summed E-state index contributed by atoms with van der Waals surface area (Å²) < 4.78 is 40.0. The molecule has 0 saturated carbocycles. The molecule has 0 bridgehead atoms. The third-order valence-electron chi connectivity index (χ3n) is 5.61. The number of benzene rings is 1. The third-order valence-corrected chi connectivity index (χ3v) is 5.61. The number of alkyl halides is 3.